The lowest BCUT2D eigenvalue weighted by atomic mass is 10.0. The molecule has 0 radical (unpaired) electrons. The second-order valence-corrected chi connectivity index (χ2v) is 11.0. The Labute approximate surface area is 199 Å². The Morgan fingerprint density at radius 3 is 1.67 bits per heavy atom. The van der Waals surface area contributed by atoms with Crippen molar-refractivity contribution in [1.29, 1.82) is 0 Å². The molecule has 10 heteroatoms. The molecule has 33 heavy (non-hydrogen) atoms. The van der Waals surface area contributed by atoms with Crippen LogP contribution in [-0.2, 0) is 9.84 Å². The Morgan fingerprint density at radius 2 is 1.24 bits per heavy atom. The van der Waals surface area contributed by atoms with Gasteiger partial charge in [-0.15, -0.1) is 11.8 Å². The van der Waals surface area contributed by atoms with Crippen LogP contribution in [0.2, 0.25) is 0 Å². The van der Waals surface area contributed by atoms with E-state index in [2.05, 4.69) is 0 Å². The Hall–Kier alpha value is -2.30. The van der Waals surface area contributed by atoms with Crippen molar-refractivity contribution in [2.24, 2.45) is 5.73 Å². The molecule has 1 saturated heterocycles. The Kier molecular flexibility index (Phi) is 8.25. The zero-order valence-electron chi connectivity index (χ0n) is 19.5. The fraction of sp³-hybridized carbons (Fsp3) is 0.478. The van der Waals surface area contributed by atoms with Crippen molar-refractivity contribution in [3.8, 4) is 28.7 Å². The van der Waals surface area contributed by atoms with Gasteiger partial charge in [-0.05, 0) is 48.2 Å². The second kappa shape index (κ2) is 10.8. The molecule has 2 aromatic carbocycles. The summed E-state index contributed by atoms with van der Waals surface area (Å²) < 4.78 is 53.0. The van der Waals surface area contributed by atoms with Gasteiger partial charge in [0.1, 0.15) is 4.90 Å². The molecule has 2 unspecified atom stereocenters. The minimum absolute atomic E-state index is 0.0272. The van der Waals surface area contributed by atoms with E-state index in [1.54, 1.807) is 39.2 Å². The van der Waals surface area contributed by atoms with Crippen LogP contribution in [0, 0.1) is 0 Å². The highest BCUT2D eigenvalue weighted by atomic mass is 32.2. The second-order valence-electron chi connectivity index (χ2n) is 7.51. The number of ether oxygens (including phenoxy) is 5. The summed E-state index contributed by atoms with van der Waals surface area (Å²) in [5, 5.41) is 0.265. The van der Waals surface area contributed by atoms with Crippen LogP contribution in [0.5, 0.6) is 28.7 Å². The largest absolute Gasteiger partial charge is 0.493 e. The number of rotatable bonds is 10. The molecule has 0 amide bonds. The lowest BCUT2D eigenvalue weighted by molar-refractivity contribution is 0.323. The number of hydrogen-bond acceptors (Lipinski definition) is 9. The average Bonchev–Trinajstić information content (AvgIpc) is 3.32. The van der Waals surface area contributed by atoms with E-state index in [1.807, 2.05) is 18.2 Å². The number of methoxy groups -OCH3 is 5. The molecule has 0 bridgehead atoms. The Morgan fingerprint density at radius 1 is 0.788 bits per heavy atom. The smallest absolute Gasteiger partial charge is 0.203 e. The van der Waals surface area contributed by atoms with E-state index in [0.29, 0.717) is 23.0 Å². The summed E-state index contributed by atoms with van der Waals surface area (Å²) in [4.78, 5) is 0.113. The maximum Gasteiger partial charge on any atom is 0.203 e. The molecule has 1 aliphatic heterocycles. The fourth-order valence-electron chi connectivity index (χ4n) is 4.05. The molecule has 0 saturated carbocycles. The minimum Gasteiger partial charge on any atom is -0.493 e. The van der Waals surface area contributed by atoms with Crippen LogP contribution in [0.4, 0.5) is 0 Å². The number of nitrogens with two attached hydrogens (primary N) is 1. The van der Waals surface area contributed by atoms with Crippen LogP contribution in [0.1, 0.15) is 34.5 Å². The first kappa shape index (κ1) is 25.3. The SMILES string of the molecule is COc1cc(C2CCC(c3cc(OC)c(OC)c(S(=O)(=O)CCN)c3)S2)cc(OC)c1OC. The molecule has 3 rings (SSSR count). The summed E-state index contributed by atoms with van der Waals surface area (Å²) in [5.41, 5.74) is 7.48. The summed E-state index contributed by atoms with van der Waals surface area (Å²) >= 11 is 1.77. The van der Waals surface area contributed by atoms with Crippen molar-refractivity contribution in [3.63, 3.8) is 0 Å². The highest BCUT2D eigenvalue weighted by Gasteiger charge is 2.32. The standard InChI is InChI=1S/C23H31NO7S2/c1-27-16-10-14(11-17(28-2)22(16)30-4)19-6-7-20(32-19)15-12-18(29-3)23(31-5)21(13-15)33(25,26)9-8-24/h10-13,19-20H,6-9,24H2,1-5H3. The molecule has 1 fully saturated rings. The van der Waals surface area contributed by atoms with E-state index >= 15 is 0 Å². The van der Waals surface area contributed by atoms with Crippen molar-refractivity contribution < 1.29 is 32.1 Å². The van der Waals surface area contributed by atoms with Gasteiger partial charge in [0.2, 0.25) is 5.75 Å². The molecule has 2 N–H and O–H groups in total. The van der Waals surface area contributed by atoms with Gasteiger partial charge in [-0.3, -0.25) is 0 Å². The van der Waals surface area contributed by atoms with E-state index in [4.69, 9.17) is 29.4 Å². The highest BCUT2D eigenvalue weighted by Crippen LogP contribution is 2.55. The number of sulfone groups is 1. The summed E-state index contributed by atoms with van der Waals surface area (Å²) in [6.07, 6.45) is 1.78. The molecule has 0 aromatic heterocycles. The predicted molar refractivity (Wildman–Crippen MR) is 129 cm³/mol. The van der Waals surface area contributed by atoms with E-state index in [1.165, 1.54) is 14.2 Å². The third kappa shape index (κ3) is 5.12. The first-order chi connectivity index (χ1) is 15.8. The van der Waals surface area contributed by atoms with Crippen molar-refractivity contribution >= 4 is 21.6 Å². The zero-order chi connectivity index (χ0) is 24.2. The predicted octanol–water partition coefficient (Wildman–Crippen LogP) is 3.77. The Balaban J connectivity index is 1.97. The van der Waals surface area contributed by atoms with Gasteiger partial charge < -0.3 is 29.4 Å². The molecule has 182 valence electrons. The molecule has 8 nitrogen and oxygen atoms in total. The minimum atomic E-state index is -3.62. The van der Waals surface area contributed by atoms with Crippen LogP contribution in [0.3, 0.4) is 0 Å². The first-order valence-corrected chi connectivity index (χ1v) is 13.1. The molecule has 2 aromatic rings. The number of benzene rings is 2. The van der Waals surface area contributed by atoms with Crippen LogP contribution >= 0.6 is 11.8 Å². The van der Waals surface area contributed by atoms with E-state index in [0.717, 1.165) is 24.0 Å². The quantitative estimate of drug-likeness (QED) is 0.525. The van der Waals surface area contributed by atoms with Gasteiger partial charge in [-0.2, -0.15) is 0 Å². The summed E-state index contributed by atoms with van der Waals surface area (Å²) in [7, 11) is 4.09. The van der Waals surface area contributed by atoms with Gasteiger partial charge in [0, 0.05) is 17.0 Å². The Bertz CT molecular complexity index is 1060. The monoisotopic (exact) mass is 497 g/mol. The van der Waals surface area contributed by atoms with Crippen molar-refractivity contribution in [1.82, 2.24) is 0 Å². The topological polar surface area (TPSA) is 106 Å². The van der Waals surface area contributed by atoms with Gasteiger partial charge in [-0.1, -0.05) is 0 Å². The molecular formula is C23H31NO7S2. The lowest BCUT2D eigenvalue weighted by Crippen LogP contribution is -2.17. The molecular weight excluding hydrogens is 466 g/mol. The van der Waals surface area contributed by atoms with Crippen molar-refractivity contribution in [2.45, 2.75) is 28.2 Å². The van der Waals surface area contributed by atoms with Crippen molar-refractivity contribution in [2.75, 3.05) is 47.8 Å². The first-order valence-electron chi connectivity index (χ1n) is 10.5. The molecule has 0 spiro atoms. The van der Waals surface area contributed by atoms with Crippen molar-refractivity contribution in [3.05, 3.63) is 35.4 Å². The molecule has 1 heterocycles. The normalized spacial score (nSPS) is 18.1. The van der Waals surface area contributed by atoms with Gasteiger partial charge in [0.05, 0.1) is 41.3 Å². The van der Waals surface area contributed by atoms with E-state index < -0.39 is 9.84 Å². The van der Waals surface area contributed by atoms with Crippen LogP contribution < -0.4 is 29.4 Å². The highest BCUT2D eigenvalue weighted by molar-refractivity contribution is 8.00. The van der Waals surface area contributed by atoms with Crippen LogP contribution in [-0.4, -0.2) is 56.3 Å². The van der Waals surface area contributed by atoms with Gasteiger partial charge in [-0.25, -0.2) is 8.42 Å². The van der Waals surface area contributed by atoms with Gasteiger partial charge in [0.15, 0.2) is 32.8 Å². The molecule has 2 atom stereocenters. The average molecular weight is 498 g/mol. The van der Waals surface area contributed by atoms with E-state index in [9.17, 15) is 8.42 Å². The molecule has 1 aliphatic rings. The third-order valence-corrected chi connectivity index (χ3v) is 9.06. The van der Waals surface area contributed by atoms with Crippen LogP contribution in [0.25, 0.3) is 0 Å². The molecule has 0 aliphatic carbocycles. The van der Waals surface area contributed by atoms with Gasteiger partial charge >= 0.3 is 0 Å². The van der Waals surface area contributed by atoms with E-state index in [-0.39, 0.29) is 33.4 Å². The lowest BCUT2D eigenvalue weighted by Gasteiger charge is -2.19. The van der Waals surface area contributed by atoms with Crippen LogP contribution in [0.15, 0.2) is 29.2 Å². The van der Waals surface area contributed by atoms with Gasteiger partial charge in [0.25, 0.3) is 0 Å². The third-order valence-electron chi connectivity index (χ3n) is 5.64. The number of thioether (sulfide) groups is 1. The summed E-state index contributed by atoms with van der Waals surface area (Å²) in [6.45, 7) is 0.0272. The zero-order valence-corrected chi connectivity index (χ0v) is 21.2. The fourth-order valence-corrected chi connectivity index (χ4v) is 6.89. The number of hydrogen-bond donors (Lipinski definition) is 1. The maximum atomic E-state index is 12.9. The maximum absolute atomic E-state index is 12.9. The summed E-state index contributed by atoms with van der Waals surface area (Å²) in [5.74, 6) is 2.20. The summed E-state index contributed by atoms with van der Waals surface area (Å²) in [6, 6.07) is 7.48.